The number of rotatable bonds is 3. The zero-order valence-corrected chi connectivity index (χ0v) is 11.3. The van der Waals surface area contributed by atoms with Gasteiger partial charge in [-0.25, -0.2) is 0 Å². The number of hydrogen-bond acceptors (Lipinski definition) is 4. The van der Waals surface area contributed by atoms with E-state index in [0.29, 0.717) is 17.5 Å². The molecular weight excluding hydrogens is 260 g/mol. The Bertz CT molecular complexity index is 530. The third-order valence-electron chi connectivity index (χ3n) is 3.71. The van der Waals surface area contributed by atoms with Crippen molar-refractivity contribution in [1.82, 2.24) is 5.32 Å². The second-order valence-corrected chi connectivity index (χ2v) is 5.19. The van der Waals surface area contributed by atoms with Crippen molar-refractivity contribution in [2.75, 3.05) is 0 Å². The molecule has 1 amide bonds. The van der Waals surface area contributed by atoms with Gasteiger partial charge in [-0.3, -0.25) is 14.9 Å². The van der Waals surface area contributed by atoms with E-state index in [1.165, 1.54) is 18.2 Å². The Morgan fingerprint density at radius 1 is 1.40 bits per heavy atom. The van der Waals surface area contributed by atoms with Gasteiger partial charge >= 0.3 is 0 Å². The minimum Gasteiger partial charge on any atom is -0.391 e. The average molecular weight is 278 g/mol. The van der Waals surface area contributed by atoms with Crippen LogP contribution in [-0.4, -0.2) is 28.1 Å². The van der Waals surface area contributed by atoms with Crippen LogP contribution in [0.4, 0.5) is 5.69 Å². The van der Waals surface area contributed by atoms with Crippen molar-refractivity contribution in [2.24, 2.45) is 0 Å². The van der Waals surface area contributed by atoms with Gasteiger partial charge in [-0.1, -0.05) is 12.8 Å². The van der Waals surface area contributed by atoms with Crippen LogP contribution >= 0.6 is 0 Å². The molecule has 0 saturated heterocycles. The number of nitro groups is 1. The molecule has 1 fully saturated rings. The minimum absolute atomic E-state index is 0.0308. The third kappa shape index (κ3) is 3.14. The Balaban J connectivity index is 2.11. The number of carbonyl (C=O) groups excluding carboxylic acids is 1. The van der Waals surface area contributed by atoms with Crippen LogP contribution < -0.4 is 5.32 Å². The fraction of sp³-hybridized carbons (Fsp3) is 0.500. The molecule has 1 aromatic carbocycles. The van der Waals surface area contributed by atoms with E-state index in [-0.39, 0.29) is 17.6 Å². The maximum absolute atomic E-state index is 12.2. The molecule has 2 N–H and O–H groups in total. The topological polar surface area (TPSA) is 92.5 Å². The largest absolute Gasteiger partial charge is 0.391 e. The van der Waals surface area contributed by atoms with Crippen LogP contribution in [0.1, 0.15) is 41.6 Å². The number of amides is 1. The number of benzene rings is 1. The highest BCUT2D eigenvalue weighted by molar-refractivity contribution is 5.96. The predicted octanol–water partition coefficient (Wildman–Crippen LogP) is 1.94. The molecule has 6 heteroatoms. The van der Waals surface area contributed by atoms with Crippen molar-refractivity contribution in [1.29, 1.82) is 0 Å². The summed E-state index contributed by atoms with van der Waals surface area (Å²) < 4.78 is 0. The second-order valence-electron chi connectivity index (χ2n) is 5.19. The van der Waals surface area contributed by atoms with E-state index in [9.17, 15) is 20.0 Å². The molecule has 20 heavy (non-hydrogen) atoms. The molecule has 0 bridgehead atoms. The lowest BCUT2D eigenvalue weighted by atomic mass is 9.92. The molecule has 0 radical (unpaired) electrons. The highest BCUT2D eigenvalue weighted by atomic mass is 16.6. The summed E-state index contributed by atoms with van der Waals surface area (Å²) in [5, 5.41) is 23.3. The summed E-state index contributed by atoms with van der Waals surface area (Å²) in [4.78, 5) is 22.3. The molecule has 0 aliphatic heterocycles. The fourth-order valence-electron chi connectivity index (χ4n) is 2.54. The van der Waals surface area contributed by atoms with E-state index in [1.54, 1.807) is 6.92 Å². The number of nitrogens with zero attached hydrogens (tertiary/aromatic N) is 1. The third-order valence-corrected chi connectivity index (χ3v) is 3.71. The molecule has 108 valence electrons. The van der Waals surface area contributed by atoms with Crippen LogP contribution in [0.2, 0.25) is 0 Å². The number of nitro benzene ring substituents is 1. The fourth-order valence-corrected chi connectivity index (χ4v) is 2.54. The molecule has 0 unspecified atom stereocenters. The zero-order chi connectivity index (χ0) is 14.7. The minimum atomic E-state index is -0.508. The van der Waals surface area contributed by atoms with Crippen LogP contribution in [-0.2, 0) is 0 Å². The number of aliphatic hydroxyl groups excluding tert-OH is 1. The van der Waals surface area contributed by atoms with E-state index in [2.05, 4.69) is 5.32 Å². The number of aryl methyl sites for hydroxylation is 1. The van der Waals surface area contributed by atoms with Gasteiger partial charge in [0.05, 0.1) is 17.1 Å². The van der Waals surface area contributed by atoms with Crippen molar-refractivity contribution < 1.29 is 14.8 Å². The van der Waals surface area contributed by atoms with Crippen LogP contribution in [0.25, 0.3) is 0 Å². The lowest BCUT2D eigenvalue weighted by Crippen LogP contribution is -2.45. The van der Waals surface area contributed by atoms with E-state index >= 15 is 0 Å². The average Bonchev–Trinajstić information content (AvgIpc) is 2.41. The van der Waals surface area contributed by atoms with Crippen molar-refractivity contribution in [3.8, 4) is 0 Å². The quantitative estimate of drug-likeness (QED) is 0.652. The summed E-state index contributed by atoms with van der Waals surface area (Å²) in [7, 11) is 0. The van der Waals surface area contributed by atoms with Crippen LogP contribution in [0.5, 0.6) is 0 Å². The molecule has 1 aliphatic rings. The van der Waals surface area contributed by atoms with E-state index in [1.807, 2.05) is 0 Å². The van der Waals surface area contributed by atoms with Crippen molar-refractivity contribution in [2.45, 2.75) is 44.8 Å². The van der Waals surface area contributed by atoms with Gasteiger partial charge in [0, 0.05) is 17.7 Å². The van der Waals surface area contributed by atoms with Gasteiger partial charge in [0.25, 0.3) is 11.6 Å². The maximum Gasteiger partial charge on any atom is 0.269 e. The van der Waals surface area contributed by atoms with Crippen LogP contribution in [0.15, 0.2) is 18.2 Å². The number of carbonyl (C=O) groups is 1. The van der Waals surface area contributed by atoms with E-state index in [4.69, 9.17) is 0 Å². The number of nitrogens with one attached hydrogen (secondary N) is 1. The van der Waals surface area contributed by atoms with Crippen molar-refractivity contribution in [3.05, 3.63) is 39.4 Å². The van der Waals surface area contributed by atoms with E-state index in [0.717, 1.165) is 19.3 Å². The normalized spacial score (nSPS) is 22.3. The molecule has 0 aromatic heterocycles. The Hall–Kier alpha value is -1.95. The number of non-ortho nitro benzene ring substituents is 1. The Labute approximate surface area is 117 Å². The van der Waals surface area contributed by atoms with Gasteiger partial charge in [-0.15, -0.1) is 0 Å². The molecule has 2 atom stereocenters. The monoisotopic (exact) mass is 278 g/mol. The molecule has 1 aromatic rings. The van der Waals surface area contributed by atoms with Gasteiger partial charge < -0.3 is 10.4 Å². The number of hydrogen-bond donors (Lipinski definition) is 2. The molecule has 0 heterocycles. The molecular formula is C14H18N2O4. The smallest absolute Gasteiger partial charge is 0.269 e. The maximum atomic E-state index is 12.2. The Morgan fingerprint density at radius 2 is 2.10 bits per heavy atom. The summed E-state index contributed by atoms with van der Waals surface area (Å²) in [6.45, 7) is 1.67. The summed E-state index contributed by atoms with van der Waals surface area (Å²) in [5.74, 6) is -0.289. The van der Waals surface area contributed by atoms with Gasteiger partial charge in [0.2, 0.25) is 0 Å². The Morgan fingerprint density at radius 3 is 2.70 bits per heavy atom. The second kappa shape index (κ2) is 6.00. The summed E-state index contributed by atoms with van der Waals surface area (Å²) in [6, 6.07) is 3.93. The zero-order valence-electron chi connectivity index (χ0n) is 11.3. The Kier molecular flexibility index (Phi) is 4.34. The lowest BCUT2D eigenvalue weighted by molar-refractivity contribution is -0.384. The summed E-state index contributed by atoms with van der Waals surface area (Å²) in [6.07, 6.45) is 2.92. The highest BCUT2D eigenvalue weighted by Gasteiger charge is 2.25. The summed E-state index contributed by atoms with van der Waals surface area (Å²) >= 11 is 0. The molecule has 1 aliphatic carbocycles. The highest BCUT2D eigenvalue weighted by Crippen LogP contribution is 2.20. The van der Waals surface area contributed by atoms with Crippen LogP contribution in [0, 0.1) is 17.0 Å². The first-order valence-electron chi connectivity index (χ1n) is 6.73. The molecule has 1 saturated carbocycles. The molecule has 2 rings (SSSR count). The number of aliphatic hydroxyl groups is 1. The first kappa shape index (κ1) is 14.5. The molecule has 6 nitrogen and oxygen atoms in total. The van der Waals surface area contributed by atoms with Gasteiger partial charge in [0.15, 0.2) is 0 Å². The molecule has 0 spiro atoms. The SMILES string of the molecule is Cc1cc([N+](=O)[O-])ccc1C(=O)N[C@H]1CCCC[C@@H]1O. The van der Waals surface area contributed by atoms with Crippen molar-refractivity contribution in [3.63, 3.8) is 0 Å². The van der Waals surface area contributed by atoms with Crippen LogP contribution in [0.3, 0.4) is 0 Å². The standard InChI is InChI=1S/C14H18N2O4/c1-9-8-10(16(19)20)6-7-11(9)14(18)15-12-4-2-3-5-13(12)17/h6-8,12-13,17H,2-5H2,1H3,(H,15,18)/t12-,13-/m0/s1. The van der Waals surface area contributed by atoms with E-state index < -0.39 is 11.0 Å². The predicted molar refractivity (Wildman–Crippen MR) is 73.6 cm³/mol. The first-order chi connectivity index (χ1) is 9.49. The van der Waals surface area contributed by atoms with Gasteiger partial charge in [0.1, 0.15) is 0 Å². The summed E-state index contributed by atoms with van der Waals surface area (Å²) in [5.41, 5.74) is 0.937. The van der Waals surface area contributed by atoms with Gasteiger partial charge in [-0.2, -0.15) is 0 Å². The van der Waals surface area contributed by atoms with Crippen molar-refractivity contribution >= 4 is 11.6 Å². The first-order valence-corrected chi connectivity index (χ1v) is 6.73. The van der Waals surface area contributed by atoms with Gasteiger partial charge in [-0.05, 0) is 31.4 Å². The lowest BCUT2D eigenvalue weighted by Gasteiger charge is -2.28.